The number of hydrogen-bond donors (Lipinski definition) is 2. The maximum Gasteiger partial charge on any atom is 0.397 e. The molecule has 0 aromatic carbocycles. The fraction of sp³-hybridized carbons (Fsp3) is 0.800. The van der Waals surface area contributed by atoms with E-state index in [2.05, 4.69) is 0 Å². The molecule has 1 atom stereocenters. The van der Waals surface area contributed by atoms with Gasteiger partial charge in [-0.15, -0.1) is 0 Å². The molecule has 106 valence electrons. The van der Waals surface area contributed by atoms with Crippen molar-refractivity contribution < 1.29 is 32.6 Å². The standard InChI is InChI=1S/C10H16F3NO4/c1-9(2,3)18-5-6(8(16)17)14-7(15)4-10(11,12)13/h6H,4-5H2,1-3H3,(H,14,15)(H,16,17)/t6-/m0/s1. The summed E-state index contributed by atoms with van der Waals surface area (Å²) >= 11 is 0. The molecule has 2 N–H and O–H groups in total. The van der Waals surface area contributed by atoms with E-state index >= 15 is 0 Å². The summed E-state index contributed by atoms with van der Waals surface area (Å²) in [6.45, 7) is 4.57. The van der Waals surface area contributed by atoms with Crippen molar-refractivity contribution in [2.75, 3.05) is 6.61 Å². The Kier molecular flexibility index (Phi) is 5.59. The smallest absolute Gasteiger partial charge is 0.397 e. The van der Waals surface area contributed by atoms with Crippen molar-refractivity contribution in [3.05, 3.63) is 0 Å². The maximum absolute atomic E-state index is 11.9. The highest BCUT2D eigenvalue weighted by atomic mass is 19.4. The molecule has 0 heterocycles. The first-order valence-corrected chi connectivity index (χ1v) is 5.13. The fourth-order valence-corrected chi connectivity index (χ4v) is 0.935. The number of amides is 1. The lowest BCUT2D eigenvalue weighted by molar-refractivity contribution is -0.158. The van der Waals surface area contributed by atoms with Gasteiger partial charge in [-0.2, -0.15) is 13.2 Å². The van der Waals surface area contributed by atoms with Gasteiger partial charge >= 0.3 is 12.1 Å². The summed E-state index contributed by atoms with van der Waals surface area (Å²) in [6, 6.07) is -1.50. The Morgan fingerprint density at radius 1 is 1.28 bits per heavy atom. The second-order valence-electron chi connectivity index (χ2n) is 4.67. The molecule has 0 saturated heterocycles. The van der Waals surface area contributed by atoms with Gasteiger partial charge in [0.15, 0.2) is 6.04 Å². The minimum Gasteiger partial charge on any atom is -0.480 e. The van der Waals surface area contributed by atoms with Crippen molar-refractivity contribution >= 4 is 11.9 Å². The molecule has 0 bridgehead atoms. The summed E-state index contributed by atoms with van der Waals surface area (Å²) in [5.74, 6) is -2.85. The number of rotatable bonds is 5. The van der Waals surface area contributed by atoms with Crippen LogP contribution in [0, 0.1) is 0 Å². The average molecular weight is 271 g/mol. The van der Waals surface area contributed by atoms with Crippen LogP contribution in [0.4, 0.5) is 13.2 Å². The molecule has 0 radical (unpaired) electrons. The van der Waals surface area contributed by atoms with E-state index in [1.54, 1.807) is 26.1 Å². The van der Waals surface area contributed by atoms with E-state index in [0.29, 0.717) is 0 Å². The molecule has 0 rings (SSSR count). The Labute approximate surface area is 102 Å². The van der Waals surface area contributed by atoms with E-state index in [0.717, 1.165) is 0 Å². The van der Waals surface area contributed by atoms with Crippen LogP contribution in [0.5, 0.6) is 0 Å². The number of aliphatic carboxylic acids is 1. The molecule has 8 heteroatoms. The van der Waals surface area contributed by atoms with E-state index in [1.165, 1.54) is 0 Å². The van der Waals surface area contributed by atoms with Gasteiger partial charge in [0, 0.05) is 0 Å². The summed E-state index contributed by atoms with van der Waals surface area (Å²) in [5.41, 5.74) is -0.650. The van der Waals surface area contributed by atoms with Crippen LogP contribution in [0.15, 0.2) is 0 Å². The zero-order valence-corrected chi connectivity index (χ0v) is 10.3. The second-order valence-corrected chi connectivity index (χ2v) is 4.67. The predicted molar refractivity (Wildman–Crippen MR) is 55.9 cm³/mol. The van der Waals surface area contributed by atoms with E-state index in [4.69, 9.17) is 9.84 Å². The number of hydrogen-bond acceptors (Lipinski definition) is 3. The van der Waals surface area contributed by atoms with Crippen LogP contribution >= 0.6 is 0 Å². The molecule has 0 unspecified atom stereocenters. The summed E-state index contributed by atoms with van der Waals surface area (Å²) in [5, 5.41) is 10.5. The van der Waals surface area contributed by atoms with E-state index in [1.807, 2.05) is 0 Å². The van der Waals surface area contributed by atoms with Crippen LogP contribution in [0.1, 0.15) is 27.2 Å². The largest absolute Gasteiger partial charge is 0.480 e. The molecule has 0 aromatic rings. The van der Waals surface area contributed by atoms with Gasteiger partial charge in [-0.05, 0) is 20.8 Å². The van der Waals surface area contributed by atoms with E-state index < -0.39 is 42.7 Å². The lowest BCUT2D eigenvalue weighted by Crippen LogP contribution is -2.46. The first-order chi connectivity index (χ1) is 7.91. The Hall–Kier alpha value is -1.31. The van der Waals surface area contributed by atoms with Crippen LogP contribution in [-0.2, 0) is 14.3 Å². The lowest BCUT2D eigenvalue weighted by Gasteiger charge is -2.23. The number of carbonyl (C=O) groups excluding carboxylic acids is 1. The molecule has 5 nitrogen and oxygen atoms in total. The lowest BCUT2D eigenvalue weighted by atomic mass is 10.2. The third kappa shape index (κ3) is 8.80. The van der Waals surface area contributed by atoms with Crippen molar-refractivity contribution in [2.45, 2.75) is 45.0 Å². The van der Waals surface area contributed by atoms with Crippen molar-refractivity contribution in [3.63, 3.8) is 0 Å². The molecule has 0 spiro atoms. The highest BCUT2D eigenvalue weighted by Crippen LogP contribution is 2.19. The van der Waals surface area contributed by atoms with Crippen LogP contribution in [-0.4, -0.2) is 41.4 Å². The Bertz CT molecular complexity index is 309. The van der Waals surface area contributed by atoms with Crippen molar-refractivity contribution in [1.29, 1.82) is 0 Å². The molecule has 0 aromatic heterocycles. The topological polar surface area (TPSA) is 75.6 Å². The van der Waals surface area contributed by atoms with Gasteiger partial charge in [-0.25, -0.2) is 4.79 Å². The molecule has 0 aliphatic rings. The third-order valence-electron chi connectivity index (χ3n) is 1.68. The number of alkyl halides is 3. The molecule has 0 saturated carbocycles. The molecular weight excluding hydrogens is 255 g/mol. The number of halogens is 3. The SMILES string of the molecule is CC(C)(C)OC[C@H](NC(=O)CC(F)(F)F)C(=O)O. The zero-order chi connectivity index (χ0) is 14.6. The third-order valence-corrected chi connectivity index (χ3v) is 1.68. The van der Waals surface area contributed by atoms with Gasteiger partial charge in [0.05, 0.1) is 12.2 Å². The Balaban J connectivity index is 4.37. The van der Waals surface area contributed by atoms with Gasteiger partial charge in [0.1, 0.15) is 6.42 Å². The first kappa shape index (κ1) is 16.7. The predicted octanol–water partition coefficient (Wildman–Crippen LogP) is 1.32. The number of carboxylic acids is 1. The number of carboxylic acid groups (broad SMARTS) is 1. The van der Waals surface area contributed by atoms with Gasteiger partial charge in [0.25, 0.3) is 0 Å². The number of carbonyl (C=O) groups is 2. The van der Waals surface area contributed by atoms with Gasteiger partial charge in [-0.3, -0.25) is 4.79 Å². The summed E-state index contributed by atoms with van der Waals surface area (Å²) < 4.78 is 40.8. The number of ether oxygens (including phenoxy) is 1. The zero-order valence-electron chi connectivity index (χ0n) is 10.3. The second kappa shape index (κ2) is 6.03. The van der Waals surface area contributed by atoms with Crippen LogP contribution in [0.3, 0.4) is 0 Å². The first-order valence-electron chi connectivity index (χ1n) is 5.13. The summed E-state index contributed by atoms with van der Waals surface area (Å²) in [6.07, 6.45) is -6.38. The van der Waals surface area contributed by atoms with Crippen LogP contribution < -0.4 is 5.32 Å². The minimum absolute atomic E-state index is 0.400. The normalized spacial score (nSPS) is 14.1. The molecule has 0 aliphatic heterocycles. The van der Waals surface area contributed by atoms with Gasteiger partial charge in [0.2, 0.25) is 5.91 Å². The fourth-order valence-electron chi connectivity index (χ4n) is 0.935. The van der Waals surface area contributed by atoms with E-state index in [9.17, 15) is 22.8 Å². The summed E-state index contributed by atoms with van der Waals surface area (Å²) in [4.78, 5) is 21.7. The average Bonchev–Trinajstić information content (AvgIpc) is 2.06. The molecular formula is C10H16F3NO4. The van der Waals surface area contributed by atoms with E-state index in [-0.39, 0.29) is 0 Å². The molecule has 0 aliphatic carbocycles. The molecule has 0 fully saturated rings. The Morgan fingerprint density at radius 3 is 2.11 bits per heavy atom. The molecule has 18 heavy (non-hydrogen) atoms. The highest BCUT2D eigenvalue weighted by molar-refractivity contribution is 5.83. The highest BCUT2D eigenvalue weighted by Gasteiger charge is 2.33. The van der Waals surface area contributed by atoms with Crippen molar-refractivity contribution in [2.24, 2.45) is 0 Å². The molecule has 1 amide bonds. The van der Waals surface area contributed by atoms with Gasteiger partial charge in [-0.1, -0.05) is 0 Å². The van der Waals surface area contributed by atoms with Crippen molar-refractivity contribution in [1.82, 2.24) is 5.32 Å². The Morgan fingerprint density at radius 2 is 1.78 bits per heavy atom. The van der Waals surface area contributed by atoms with Gasteiger partial charge < -0.3 is 15.2 Å². The van der Waals surface area contributed by atoms with Crippen LogP contribution in [0.2, 0.25) is 0 Å². The number of nitrogens with one attached hydrogen (secondary N) is 1. The van der Waals surface area contributed by atoms with Crippen molar-refractivity contribution in [3.8, 4) is 0 Å². The quantitative estimate of drug-likeness (QED) is 0.790. The monoisotopic (exact) mass is 271 g/mol. The summed E-state index contributed by atoms with van der Waals surface area (Å²) in [7, 11) is 0. The maximum atomic E-state index is 11.9. The van der Waals surface area contributed by atoms with Crippen LogP contribution in [0.25, 0.3) is 0 Å². The minimum atomic E-state index is -4.67.